The summed E-state index contributed by atoms with van der Waals surface area (Å²) in [5, 5.41) is 9.02. The minimum atomic E-state index is -0.437. The third-order valence-corrected chi connectivity index (χ3v) is 3.25. The number of hydrogen-bond donors (Lipinski definition) is 1. The van der Waals surface area contributed by atoms with Gasteiger partial charge >= 0.3 is 6.09 Å². The van der Waals surface area contributed by atoms with Crippen LogP contribution in [0.25, 0.3) is 0 Å². The number of ether oxygens (including phenoxy) is 1. The fourth-order valence-electron chi connectivity index (χ4n) is 2.37. The van der Waals surface area contributed by atoms with Crippen molar-refractivity contribution in [1.82, 2.24) is 4.90 Å². The summed E-state index contributed by atoms with van der Waals surface area (Å²) in [5.41, 5.74) is -0.437. The summed E-state index contributed by atoms with van der Waals surface area (Å²) in [6.07, 6.45) is 1.60. The number of amides is 1. The van der Waals surface area contributed by atoms with E-state index in [1.807, 2.05) is 20.8 Å². The Hall–Kier alpha value is -0.770. The first-order valence-electron chi connectivity index (χ1n) is 6.46. The van der Waals surface area contributed by atoms with E-state index < -0.39 is 5.60 Å². The number of likely N-dealkylation sites (tertiary alicyclic amines) is 1. The molecule has 0 spiro atoms. The summed E-state index contributed by atoms with van der Waals surface area (Å²) < 4.78 is 5.37. The van der Waals surface area contributed by atoms with Gasteiger partial charge in [-0.25, -0.2) is 4.79 Å². The van der Waals surface area contributed by atoms with Gasteiger partial charge in [-0.15, -0.1) is 0 Å². The molecular weight excluding hydrogens is 218 g/mol. The average molecular weight is 243 g/mol. The molecule has 1 heterocycles. The number of hydrogen-bond acceptors (Lipinski definition) is 3. The molecule has 0 radical (unpaired) electrons. The molecular formula is C13H25NO3. The van der Waals surface area contributed by atoms with Gasteiger partial charge in [0.1, 0.15) is 5.60 Å². The highest BCUT2D eigenvalue weighted by atomic mass is 16.6. The second kappa shape index (κ2) is 5.71. The molecule has 17 heavy (non-hydrogen) atoms. The van der Waals surface area contributed by atoms with Crippen molar-refractivity contribution < 1.29 is 14.6 Å². The first kappa shape index (κ1) is 14.3. The number of carbonyl (C=O) groups excluding carboxylic acids is 1. The molecule has 0 aromatic heterocycles. The van der Waals surface area contributed by atoms with E-state index in [0.29, 0.717) is 18.4 Å². The molecule has 100 valence electrons. The Bertz CT molecular complexity index is 260. The number of nitrogens with zero attached hydrogens (tertiary/aromatic N) is 1. The summed E-state index contributed by atoms with van der Waals surface area (Å²) in [5.74, 6) is 0.909. The van der Waals surface area contributed by atoms with E-state index in [1.54, 1.807) is 4.90 Å². The molecule has 0 aromatic carbocycles. The van der Waals surface area contributed by atoms with Crippen LogP contribution in [-0.2, 0) is 4.74 Å². The minimum Gasteiger partial charge on any atom is -0.444 e. The van der Waals surface area contributed by atoms with E-state index in [2.05, 4.69) is 6.92 Å². The summed E-state index contributed by atoms with van der Waals surface area (Å²) in [7, 11) is 0. The van der Waals surface area contributed by atoms with Gasteiger partial charge in [0, 0.05) is 19.7 Å². The van der Waals surface area contributed by atoms with Crippen molar-refractivity contribution in [1.29, 1.82) is 0 Å². The van der Waals surface area contributed by atoms with E-state index in [9.17, 15) is 4.79 Å². The molecule has 4 nitrogen and oxygen atoms in total. The van der Waals surface area contributed by atoms with Crippen LogP contribution in [0.2, 0.25) is 0 Å². The van der Waals surface area contributed by atoms with Crippen LogP contribution in [0.5, 0.6) is 0 Å². The first-order chi connectivity index (χ1) is 7.87. The van der Waals surface area contributed by atoms with E-state index in [0.717, 1.165) is 19.4 Å². The summed E-state index contributed by atoms with van der Waals surface area (Å²) in [6.45, 7) is 9.44. The lowest BCUT2D eigenvalue weighted by Gasteiger charge is -2.24. The lowest BCUT2D eigenvalue weighted by atomic mass is 9.91. The van der Waals surface area contributed by atoms with Gasteiger partial charge in [0.05, 0.1) is 0 Å². The number of aliphatic hydroxyl groups excluding tert-OH is 1. The zero-order valence-electron chi connectivity index (χ0n) is 11.4. The topological polar surface area (TPSA) is 49.8 Å². The van der Waals surface area contributed by atoms with Crippen LogP contribution >= 0.6 is 0 Å². The second-order valence-corrected chi connectivity index (χ2v) is 5.83. The van der Waals surface area contributed by atoms with Crippen molar-refractivity contribution in [3.63, 3.8) is 0 Å². The first-order valence-corrected chi connectivity index (χ1v) is 6.46. The summed E-state index contributed by atoms with van der Waals surface area (Å²) in [6, 6.07) is 0. The maximum Gasteiger partial charge on any atom is 0.410 e. The van der Waals surface area contributed by atoms with Crippen molar-refractivity contribution in [2.24, 2.45) is 11.8 Å². The lowest BCUT2D eigenvalue weighted by Crippen LogP contribution is -2.35. The maximum absolute atomic E-state index is 11.9. The van der Waals surface area contributed by atoms with Gasteiger partial charge in [-0.3, -0.25) is 0 Å². The van der Waals surface area contributed by atoms with E-state index in [-0.39, 0.29) is 12.7 Å². The largest absolute Gasteiger partial charge is 0.444 e. The number of rotatable bonds is 3. The van der Waals surface area contributed by atoms with Crippen molar-refractivity contribution in [2.75, 3.05) is 19.7 Å². The van der Waals surface area contributed by atoms with E-state index in [1.165, 1.54) is 0 Å². The lowest BCUT2D eigenvalue weighted by molar-refractivity contribution is 0.0282. The van der Waals surface area contributed by atoms with Crippen molar-refractivity contribution in [3.05, 3.63) is 0 Å². The monoisotopic (exact) mass is 243 g/mol. The Morgan fingerprint density at radius 3 is 2.41 bits per heavy atom. The Kier molecular flexibility index (Phi) is 4.80. The Balaban J connectivity index is 2.54. The van der Waals surface area contributed by atoms with Gasteiger partial charge in [0.25, 0.3) is 0 Å². The standard InChI is InChI=1S/C13H25NO3/c1-5-10-8-14(9-11(10)6-7-15)12(16)17-13(2,3)4/h10-11,15H,5-9H2,1-4H3/t10-,11+/m1/s1. The van der Waals surface area contributed by atoms with Crippen molar-refractivity contribution >= 4 is 6.09 Å². The summed E-state index contributed by atoms with van der Waals surface area (Å²) >= 11 is 0. The predicted molar refractivity (Wildman–Crippen MR) is 66.8 cm³/mol. The molecule has 1 aliphatic heterocycles. The van der Waals surface area contributed by atoms with Gasteiger partial charge < -0.3 is 14.7 Å². The van der Waals surface area contributed by atoms with Crippen LogP contribution in [0.15, 0.2) is 0 Å². The van der Waals surface area contributed by atoms with Gasteiger partial charge in [-0.2, -0.15) is 0 Å². The molecule has 1 aliphatic rings. The van der Waals surface area contributed by atoms with Crippen molar-refractivity contribution in [2.45, 2.75) is 46.1 Å². The maximum atomic E-state index is 11.9. The zero-order valence-corrected chi connectivity index (χ0v) is 11.4. The molecule has 1 amide bonds. The van der Waals surface area contributed by atoms with Gasteiger partial charge in [-0.1, -0.05) is 13.3 Å². The molecule has 1 fully saturated rings. The normalized spacial score (nSPS) is 25.1. The molecule has 0 saturated carbocycles. The second-order valence-electron chi connectivity index (χ2n) is 5.83. The third kappa shape index (κ3) is 4.19. The van der Waals surface area contributed by atoms with Crippen LogP contribution < -0.4 is 0 Å². The van der Waals surface area contributed by atoms with Crippen LogP contribution in [0.4, 0.5) is 4.79 Å². The molecule has 0 aromatic rings. The van der Waals surface area contributed by atoms with Gasteiger partial charge in [0.15, 0.2) is 0 Å². The minimum absolute atomic E-state index is 0.198. The third-order valence-electron chi connectivity index (χ3n) is 3.25. The highest BCUT2D eigenvalue weighted by molar-refractivity contribution is 5.68. The Morgan fingerprint density at radius 1 is 1.35 bits per heavy atom. The Labute approximate surface area is 104 Å². The predicted octanol–water partition coefficient (Wildman–Crippen LogP) is 2.26. The van der Waals surface area contributed by atoms with Crippen LogP contribution in [0.1, 0.15) is 40.5 Å². The summed E-state index contributed by atoms with van der Waals surface area (Å²) in [4.78, 5) is 13.7. The van der Waals surface area contributed by atoms with Gasteiger partial charge in [0.2, 0.25) is 0 Å². The molecule has 0 unspecified atom stereocenters. The van der Waals surface area contributed by atoms with Crippen molar-refractivity contribution in [3.8, 4) is 0 Å². The highest BCUT2D eigenvalue weighted by Gasteiger charge is 2.35. The molecule has 4 heteroatoms. The fraction of sp³-hybridized carbons (Fsp3) is 0.923. The Morgan fingerprint density at radius 2 is 1.94 bits per heavy atom. The molecule has 0 aliphatic carbocycles. The zero-order chi connectivity index (χ0) is 13.1. The molecule has 0 bridgehead atoms. The van der Waals surface area contributed by atoms with E-state index in [4.69, 9.17) is 9.84 Å². The van der Waals surface area contributed by atoms with Crippen LogP contribution in [-0.4, -0.2) is 41.4 Å². The van der Waals surface area contributed by atoms with Gasteiger partial charge in [-0.05, 0) is 39.0 Å². The fourth-order valence-corrected chi connectivity index (χ4v) is 2.37. The molecule has 1 saturated heterocycles. The van der Waals surface area contributed by atoms with Crippen LogP contribution in [0.3, 0.4) is 0 Å². The molecule has 1 N–H and O–H groups in total. The smallest absolute Gasteiger partial charge is 0.410 e. The molecule has 1 rings (SSSR count). The highest BCUT2D eigenvalue weighted by Crippen LogP contribution is 2.29. The molecule has 2 atom stereocenters. The van der Waals surface area contributed by atoms with E-state index >= 15 is 0 Å². The van der Waals surface area contributed by atoms with Crippen LogP contribution in [0, 0.1) is 11.8 Å². The SMILES string of the molecule is CC[C@@H]1CN(C(=O)OC(C)(C)C)C[C@@H]1CCO. The average Bonchev–Trinajstić information content (AvgIpc) is 2.59. The number of aliphatic hydroxyl groups is 1. The number of carbonyl (C=O) groups is 1. The quantitative estimate of drug-likeness (QED) is 0.827.